The van der Waals surface area contributed by atoms with E-state index in [0.717, 1.165) is 29.0 Å². The Labute approximate surface area is 129 Å². The van der Waals surface area contributed by atoms with E-state index in [4.69, 9.17) is 0 Å². The first-order valence-corrected chi connectivity index (χ1v) is 10.1. The molecule has 1 unspecified atom stereocenters. The van der Waals surface area contributed by atoms with Gasteiger partial charge in [0.05, 0.1) is 0 Å². The molecular weight excluding hydrogens is 262 g/mol. The van der Waals surface area contributed by atoms with Crippen molar-refractivity contribution in [3.8, 4) is 0 Å². The van der Waals surface area contributed by atoms with Crippen LogP contribution >= 0.6 is 11.8 Å². The van der Waals surface area contributed by atoms with Gasteiger partial charge in [-0.25, -0.2) is 0 Å². The highest BCUT2D eigenvalue weighted by Gasteiger charge is 2.53. The van der Waals surface area contributed by atoms with Gasteiger partial charge in [-0.2, -0.15) is 11.8 Å². The third kappa shape index (κ3) is 2.45. The fourth-order valence-corrected chi connectivity index (χ4v) is 8.11. The highest BCUT2D eigenvalue weighted by Crippen LogP contribution is 2.61. The average molecular weight is 294 g/mol. The molecule has 0 spiro atoms. The average Bonchev–Trinajstić information content (AvgIpc) is 2.90. The van der Waals surface area contributed by atoms with Crippen LogP contribution in [0.15, 0.2) is 0 Å². The van der Waals surface area contributed by atoms with Crippen LogP contribution in [-0.4, -0.2) is 24.1 Å². The van der Waals surface area contributed by atoms with Gasteiger partial charge in [0, 0.05) is 17.0 Å². The van der Waals surface area contributed by atoms with Crippen LogP contribution in [0, 0.1) is 23.2 Å². The number of rotatable bonds is 5. The number of hydrogen-bond donors (Lipinski definition) is 1. The van der Waals surface area contributed by atoms with Crippen molar-refractivity contribution in [2.75, 3.05) is 12.8 Å². The second-order valence-corrected chi connectivity index (χ2v) is 9.69. The molecule has 5 saturated carbocycles. The summed E-state index contributed by atoms with van der Waals surface area (Å²) < 4.78 is 0. The van der Waals surface area contributed by atoms with Crippen LogP contribution in [0.1, 0.15) is 64.2 Å². The van der Waals surface area contributed by atoms with Crippen LogP contribution in [0.4, 0.5) is 0 Å². The lowest BCUT2D eigenvalue weighted by Crippen LogP contribution is -2.56. The zero-order valence-corrected chi connectivity index (χ0v) is 13.9. The zero-order chi connectivity index (χ0) is 13.6. The topological polar surface area (TPSA) is 12.0 Å². The molecule has 0 saturated heterocycles. The molecule has 0 aromatic carbocycles. The quantitative estimate of drug-likeness (QED) is 0.803. The summed E-state index contributed by atoms with van der Waals surface area (Å²) in [5.41, 5.74) is 0.690. The molecule has 0 radical (unpaired) electrons. The van der Waals surface area contributed by atoms with Crippen LogP contribution in [0.25, 0.3) is 0 Å². The van der Waals surface area contributed by atoms with E-state index in [9.17, 15) is 0 Å². The molecule has 0 aromatic heterocycles. The van der Waals surface area contributed by atoms with E-state index in [1.807, 2.05) is 0 Å². The van der Waals surface area contributed by atoms with E-state index in [0.29, 0.717) is 5.41 Å². The highest BCUT2D eigenvalue weighted by molar-refractivity contribution is 7.99. The van der Waals surface area contributed by atoms with Gasteiger partial charge < -0.3 is 5.32 Å². The van der Waals surface area contributed by atoms with Crippen molar-refractivity contribution in [3.63, 3.8) is 0 Å². The Morgan fingerprint density at radius 3 is 2.05 bits per heavy atom. The summed E-state index contributed by atoms with van der Waals surface area (Å²) in [6.45, 7) is 0. The second kappa shape index (κ2) is 5.50. The van der Waals surface area contributed by atoms with E-state index in [-0.39, 0.29) is 0 Å². The Morgan fingerprint density at radius 2 is 1.55 bits per heavy atom. The number of nitrogens with one attached hydrogen (secondary N) is 1. The summed E-state index contributed by atoms with van der Waals surface area (Å²) in [6, 6.07) is 0.793. The first kappa shape index (κ1) is 13.9. The van der Waals surface area contributed by atoms with Gasteiger partial charge in [-0.1, -0.05) is 12.8 Å². The molecule has 0 aromatic rings. The van der Waals surface area contributed by atoms with Gasteiger partial charge in [-0.3, -0.25) is 0 Å². The fourth-order valence-electron chi connectivity index (χ4n) is 6.46. The molecule has 5 aliphatic rings. The van der Waals surface area contributed by atoms with Gasteiger partial charge in [0.2, 0.25) is 0 Å². The Morgan fingerprint density at radius 1 is 1.00 bits per heavy atom. The largest absolute Gasteiger partial charge is 0.316 e. The normalized spacial score (nSPS) is 45.1. The first-order valence-electron chi connectivity index (χ1n) is 9.06. The van der Waals surface area contributed by atoms with Crippen molar-refractivity contribution >= 4 is 11.8 Å². The molecule has 2 heteroatoms. The van der Waals surface area contributed by atoms with E-state index < -0.39 is 0 Å². The SMILES string of the molecule is CNC(CSC1CCCC1)C12CC3CC(CC(C3)C1)C2. The maximum atomic E-state index is 3.76. The van der Waals surface area contributed by atoms with Crippen LogP contribution in [-0.2, 0) is 0 Å². The predicted octanol–water partition coefficient (Wildman–Crippen LogP) is 4.47. The summed E-state index contributed by atoms with van der Waals surface area (Å²) in [5, 5.41) is 4.75. The maximum Gasteiger partial charge on any atom is 0.0212 e. The minimum absolute atomic E-state index is 0.690. The monoisotopic (exact) mass is 293 g/mol. The number of thioether (sulfide) groups is 1. The maximum absolute atomic E-state index is 3.76. The van der Waals surface area contributed by atoms with E-state index in [1.165, 1.54) is 31.4 Å². The van der Waals surface area contributed by atoms with Crippen molar-refractivity contribution in [3.05, 3.63) is 0 Å². The lowest BCUT2D eigenvalue weighted by atomic mass is 9.48. The Hall–Kier alpha value is 0.310. The Balaban J connectivity index is 1.43. The smallest absolute Gasteiger partial charge is 0.0212 e. The summed E-state index contributed by atoms with van der Waals surface area (Å²) in [6.07, 6.45) is 15.3. The lowest BCUT2D eigenvalue weighted by molar-refractivity contribution is -0.0682. The molecule has 1 N–H and O–H groups in total. The standard InChI is InChI=1S/C18H31NS/c1-19-17(12-20-16-4-2-3-5-16)18-9-13-6-14(10-18)8-15(7-13)11-18/h13-17,19H,2-12H2,1H3. The molecule has 1 nitrogen and oxygen atoms in total. The minimum Gasteiger partial charge on any atom is -0.316 e. The zero-order valence-electron chi connectivity index (χ0n) is 13.1. The van der Waals surface area contributed by atoms with Crippen LogP contribution in [0.2, 0.25) is 0 Å². The van der Waals surface area contributed by atoms with Gasteiger partial charge in [0.25, 0.3) is 0 Å². The predicted molar refractivity (Wildman–Crippen MR) is 88.2 cm³/mol. The van der Waals surface area contributed by atoms with Gasteiger partial charge in [0.15, 0.2) is 0 Å². The van der Waals surface area contributed by atoms with Crippen molar-refractivity contribution in [2.24, 2.45) is 23.2 Å². The van der Waals surface area contributed by atoms with Gasteiger partial charge in [0.1, 0.15) is 0 Å². The fraction of sp³-hybridized carbons (Fsp3) is 1.00. The molecule has 5 fully saturated rings. The first-order chi connectivity index (χ1) is 9.77. The molecule has 1 atom stereocenters. The molecule has 5 rings (SSSR count). The summed E-state index contributed by atoms with van der Waals surface area (Å²) >= 11 is 2.30. The highest BCUT2D eigenvalue weighted by atomic mass is 32.2. The summed E-state index contributed by atoms with van der Waals surface area (Å²) in [5.74, 6) is 4.66. The van der Waals surface area contributed by atoms with Gasteiger partial charge >= 0.3 is 0 Å². The third-order valence-electron chi connectivity index (χ3n) is 6.97. The van der Waals surface area contributed by atoms with Crippen molar-refractivity contribution in [2.45, 2.75) is 75.5 Å². The third-order valence-corrected chi connectivity index (χ3v) is 8.44. The molecule has 0 amide bonds. The van der Waals surface area contributed by atoms with Crippen molar-refractivity contribution in [1.82, 2.24) is 5.32 Å². The molecular formula is C18H31NS. The Kier molecular flexibility index (Phi) is 3.83. The second-order valence-electron chi connectivity index (χ2n) is 8.36. The van der Waals surface area contributed by atoms with Gasteiger partial charge in [-0.05, 0) is 81.6 Å². The number of hydrogen-bond acceptors (Lipinski definition) is 2. The van der Waals surface area contributed by atoms with Crippen molar-refractivity contribution in [1.29, 1.82) is 0 Å². The molecule has 0 aliphatic heterocycles. The van der Waals surface area contributed by atoms with E-state index >= 15 is 0 Å². The van der Waals surface area contributed by atoms with Crippen LogP contribution in [0.5, 0.6) is 0 Å². The molecule has 4 bridgehead atoms. The van der Waals surface area contributed by atoms with Crippen molar-refractivity contribution < 1.29 is 0 Å². The lowest BCUT2D eigenvalue weighted by Gasteiger charge is -2.59. The van der Waals surface area contributed by atoms with Gasteiger partial charge in [-0.15, -0.1) is 0 Å². The van der Waals surface area contributed by atoms with E-state index in [1.54, 1.807) is 38.5 Å². The van der Waals surface area contributed by atoms with Crippen LogP contribution < -0.4 is 5.32 Å². The summed E-state index contributed by atoms with van der Waals surface area (Å²) in [4.78, 5) is 0. The van der Waals surface area contributed by atoms with E-state index in [2.05, 4.69) is 24.1 Å². The van der Waals surface area contributed by atoms with Crippen LogP contribution in [0.3, 0.4) is 0 Å². The molecule has 114 valence electrons. The minimum atomic E-state index is 0.690. The Bertz CT molecular complexity index is 312. The molecule has 5 aliphatic carbocycles. The summed E-state index contributed by atoms with van der Waals surface area (Å²) in [7, 11) is 2.23. The molecule has 20 heavy (non-hydrogen) atoms. The molecule has 0 heterocycles.